The van der Waals surface area contributed by atoms with Crippen LogP contribution in [0.1, 0.15) is 16.8 Å². The number of hydrogen-bond acceptors (Lipinski definition) is 5. The van der Waals surface area contributed by atoms with Gasteiger partial charge in [0.25, 0.3) is 5.91 Å². The van der Waals surface area contributed by atoms with Crippen molar-refractivity contribution in [3.8, 4) is 11.1 Å². The first kappa shape index (κ1) is 21.1. The van der Waals surface area contributed by atoms with Crippen LogP contribution in [-0.2, 0) is 9.59 Å². The average molecular weight is 404 g/mol. The number of rotatable bonds is 9. The van der Waals surface area contributed by atoms with Gasteiger partial charge in [-0.2, -0.15) is 11.8 Å². The van der Waals surface area contributed by atoms with E-state index in [9.17, 15) is 14.4 Å². The maximum atomic E-state index is 12.5. The summed E-state index contributed by atoms with van der Waals surface area (Å²) in [7, 11) is 0. The zero-order valence-electron chi connectivity index (χ0n) is 14.9. The van der Waals surface area contributed by atoms with Gasteiger partial charge < -0.3 is 10.4 Å². The molecule has 0 bridgehead atoms. The molecule has 0 heterocycles. The molecule has 2 aromatic rings. The van der Waals surface area contributed by atoms with Crippen LogP contribution in [0.4, 0.5) is 0 Å². The second kappa shape index (κ2) is 10.8. The number of hydrogen-bond donors (Lipinski definition) is 2. The van der Waals surface area contributed by atoms with Gasteiger partial charge >= 0.3 is 5.97 Å². The fourth-order valence-electron chi connectivity index (χ4n) is 2.40. The predicted molar refractivity (Wildman–Crippen MR) is 111 cm³/mol. The standard InChI is InChI=1S/C20H21NO4S2/c1-26-12-11-17(20(25)27-13-18(22)23)21-19(24)16-9-7-15(8-10-16)14-5-3-2-4-6-14/h2-10,17H,11-13H2,1H3,(H,21,24)(H,22,23). The minimum Gasteiger partial charge on any atom is -0.481 e. The van der Waals surface area contributed by atoms with E-state index in [-0.39, 0.29) is 16.8 Å². The number of carboxylic acid groups (broad SMARTS) is 1. The smallest absolute Gasteiger partial charge is 0.313 e. The molecule has 0 aliphatic heterocycles. The van der Waals surface area contributed by atoms with Crippen LogP contribution in [-0.4, -0.2) is 45.9 Å². The molecule has 1 amide bonds. The van der Waals surface area contributed by atoms with Crippen LogP contribution in [0.2, 0.25) is 0 Å². The van der Waals surface area contributed by atoms with Crippen molar-refractivity contribution in [1.29, 1.82) is 0 Å². The Balaban J connectivity index is 2.05. The average Bonchev–Trinajstić information content (AvgIpc) is 2.69. The van der Waals surface area contributed by atoms with Crippen molar-refractivity contribution in [3.05, 3.63) is 60.2 Å². The van der Waals surface area contributed by atoms with Gasteiger partial charge in [-0.1, -0.05) is 54.2 Å². The molecule has 142 valence electrons. The molecule has 5 nitrogen and oxygen atoms in total. The summed E-state index contributed by atoms with van der Waals surface area (Å²) in [5.74, 6) is -1.02. The number of carbonyl (C=O) groups excluding carboxylic acids is 2. The number of thioether (sulfide) groups is 2. The van der Waals surface area contributed by atoms with Gasteiger partial charge in [-0.05, 0) is 41.7 Å². The minimum absolute atomic E-state index is 0.309. The van der Waals surface area contributed by atoms with Gasteiger partial charge in [-0.15, -0.1) is 0 Å². The Morgan fingerprint density at radius 1 is 1.00 bits per heavy atom. The lowest BCUT2D eigenvalue weighted by molar-refractivity contribution is -0.134. The molecule has 0 aliphatic carbocycles. The molecule has 2 N–H and O–H groups in total. The Morgan fingerprint density at radius 2 is 1.63 bits per heavy atom. The summed E-state index contributed by atoms with van der Waals surface area (Å²) in [4.78, 5) is 35.4. The van der Waals surface area contributed by atoms with E-state index in [1.54, 1.807) is 23.9 Å². The number of benzene rings is 2. The van der Waals surface area contributed by atoms with Gasteiger partial charge in [0.1, 0.15) is 0 Å². The van der Waals surface area contributed by atoms with E-state index in [2.05, 4.69) is 5.32 Å². The lowest BCUT2D eigenvalue weighted by Gasteiger charge is -2.16. The molecular weight excluding hydrogens is 382 g/mol. The summed E-state index contributed by atoms with van der Waals surface area (Å²) >= 11 is 2.28. The first-order chi connectivity index (χ1) is 13.0. The third-order valence-corrected chi connectivity index (χ3v) is 5.40. The molecular formula is C20H21NO4S2. The van der Waals surface area contributed by atoms with Crippen molar-refractivity contribution in [2.45, 2.75) is 12.5 Å². The van der Waals surface area contributed by atoms with Crippen LogP contribution < -0.4 is 5.32 Å². The Kier molecular flexibility index (Phi) is 8.42. The van der Waals surface area contributed by atoms with Crippen LogP contribution >= 0.6 is 23.5 Å². The lowest BCUT2D eigenvalue weighted by atomic mass is 10.0. The zero-order chi connectivity index (χ0) is 19.6. The van der Waals surface area contributed by atoms with Gasteiger partial charge in [-0.3, -0.25) is 14.4 Å². The molecule has 7 heteroatoms. The zero-order valence-corrected chi connectivity index (χ0v) is 16.5. The third kappa shape index (κ3) is 6.77. The van der Waals surface area contributed by atoms with E-state index in [1.165, 1.54) is 0 Å². The molecule has 1 atom stereocenters. The fraction of sp³-hybridized carbons (Fsp3) is 0.250. The first-order valence-corrected chi connectivity index (χ1v) is 10.7. The van der Waals surface area contributed by atoms with Gasteiger partial charge in [0.2, 0.25) is 5.12 Å². The first-order valence-electron chi connectivity index (χ1n) is 8.35. The lowest BCUT2D eigenvalue weighted by Crippen LogP contribution is -2.40. The van der Waals surface area contributed by atoms with Crippen molar-refractivity contribution in [2.75, 3.05) is 17.8 Å². The normalized spacial score (nSPS) is 11.6. The van der Waals surface area contributed by atoms with E-state index >= 15 is 0 Å². The maximum absolute atomic E-state index is 12.5. The van der Waals surface area contributed by atoms with Crippen molar-refractivity contribution >= 4 is 40.5 Å². The van der Waals surface area contributed by atoms with Crippen LogP contribution in [0.15, 0.2) is 54.6 Å². The van der Waals surface area contributed by atoms with E-state index in [0.29, 0.717) is 17.7 Å². The van der Waals surface area contributed by atoms with E-state index in [1.807, 2.05) is 48.7 Å². The SMILES string of the molecule is CSCCC(NC(=O)c1ccc(-c2ccccc2)cc1)C(=O)SCC(=O)O. The Bertz CT molecular complexity index is 778. The maximum Gasteiger partial charge on any atom is 0.313 e. The van der Waals surface area contributed by atoms with Gasteiger partial charge in [0.05, 0.1) is 11.8 Å². The number of carboxylic acids is 1. The quantitative estimate of drug-likeness (QED) is 0.666. The number of nitrogens with one attached hydrogen (secondary N) is 1. The van der Waals surface area contributed by atoms with Crippen molar-refractivity contribution in [3.63, 3.8) is 0 Å². The molecule has 27 heavy (non-hydrogen) atoms. The second-order valence-corrected chi connectivity index (χ2v) is 7.72. The van der Waals surface area contributed by atoms with Crippen molar-refractivity contribution in [1.82, 2.24) is 5.32 Å². The molecule has 0 aromatic heterocycles. The molecule has 1 unspecified atom stereocenters. The number of carbonyl (C=O) groups is 3. The fourth-order valence-corrected chi connectivity index (χ4v) is 3.52. The predicted octanol–water partition coefficient (Wildman–Crippen LogP) is 3.55. The summed E-state index contributed by atoms with van der Waals surface area (Å²) in [5.41, 5.74) is 2.52. The van der Waals surface area contributed by atoms with E-state index in [4.69, 9.17) is 5.11 Å². The minimum atomic E-state index is -1.06. The number of aliphatic carboxylic acids is 1. The van der Waals surface area contributed by atoms with Crippen molar-refractivity contribution in [2.24, 2.45) is 0 Å². The second-order valence-electron chi connectivity index (χ2n) is 5.75. The summed E-state index contributed by atoms with van der Waals surface area (Å²) in [5, 5.41) is 11.1. The monoisotopic (exact) mass is 403 g/mol. The molecule has 0 fully saturated rings. The summed E-state index contributed by atoms with van der Waals surface area (Å²) in [6.45, 7) is 0. The van der Waals surface area contributed by atoms with E-state index in [0.717, 1.165) is 22.9 Å². The van der Waals surface area contributed by atoms with Crippen LogP contribution in [0.5, 0.6) is 0 Å². The molecule has 0 aliphatic rings. The number of amides is 1. The molecule has 0 saturated heterocycles. The molecule has 2 aromatic carbocycles. The summed E-state index contributed by atoms with van der Waals surface area (Å²) in [6.07, 6.45) is 2.37. The molecule has 0 saturated carbocycles. The third-order valence-electron chi connectivity index (χ3n) is 3.79. The van der Waals surface area contributed by atoms with Crippen LogP contribution in [0.3, 0.4) is 0 Å². The van der Waals surface area contributed by atoms with E-state index < -0.39 is 12.0 Å². The van der Waals surface area contributed by atoms with Gasteiger partial charge in [0.15, 0.2) is 0 Å². The summed E-state index contributed by atoms with van der Waals surface area (Å²) in [6, 6.07) is 16.3. The highest BCUT2D eigenvalue weighted by Gasteiger charge is 2.22. The largest absolute Gasteiger partial charge is 0.481 e. The Labute approximate surface area is 166 Å². The highest BCUT2D eigenvalue weighted by Crippen LogP contribution is 2.19. The molecule has 2 rings (SSSR count). The van der Waals surface area contributed by atoms with Gasteiger partial charge in [0, 0.05) is 5.56 Å². The highest BCUT2D eigenvalue weighted by atomic mass is 32.2. The Morgan fingerprint density at radius 3 is 2.22 bits per heavy atom. The molecule has 0 radical (unpaired) electrons. The summed E-state index contributed by atoms with van der Waals surface area (Å²) < 4.78 is 0. The van der Waals surface area contributed by atoms with Crippen LogP contribution in [0.25, 0.3) is 11.1 Å². The molecule has 0 spiro atoms. The van der Waals surface area contributed by atoms with Crippen molar-refractivity contribution < 1.29 is 19.5 Å². The van der Waals surface area contributed by atoms with Gasteiger partial charge in [-0.25, -0.2) is 0 Å². The highest BCUT2D eigenvalue weighted by molar-refractivity contribution is 8.14. The van der Waals surface area contributed by atoms with Crippen LogP contribution in [0, 0.1) is 0 Å². The topological polar surface area (TPSA) is 83.5 Å². The Hall–Kier alpha value is -2.25.